The molecule has 0 unspecified atom stereocenters. The summed E-state index contributed by atoms with van der Waals surface area (Å²) >= 11 is 0. The van der Waals surface area contributed by atoms with Crippen molar-refractivity contribution in [2.24, 2.45) is 0 Å². The first-order chi connectivity index (χ1) is 3.41. The summed E-state index contributed by atoms with van der Waals surface area (Å²) in [6.07, 6.45) is 4.51. The second-order valence-electron chi connectivity index (χ2n) is 0.967. The molecule has 0 atom stereocenters. The molecular formula is C5H6KO2. The zero-order valence-corrected chi connectivity index (χ0v) is 7.96. The van der Waals surface area contributed by atoms with Crippen LogP contribution in [-0.2, 0) is 9.59 Å². The third-order valence-corrected chi connectivity index (χ3v) is 0.447. The van der Waals surface area contributed by atoms with E-state index in [4.69, 9.17) is 0 Å². The Morgan fingerprint density at radius 2 is 1.88 bits per heavy atom. The van der Waals surface area contributed by atoms with Gasteiger partial charge in [-0.3, -0.25) is 4.79 Å². The number of hydrogen-bond acceptors (Lipinski definition) is 2. The maximum absolute atomic E-state index is 9.51. The molecule has 8 heavy (non-hydrogen) atoms. The van der Waals surface area contributed by atoms with Gasteiger partial charge in [0.05, 0.1) is 0 Å². The normalized spacial score (nSPS) is 8.00. The second kappa shape index (κ2) is 10.7. The van der Waals surface area contributed by atoms with Gasteiger partial charge in [0.15, 0.2) is 0 Å². The molecule has 0 aliphatic rings. The van der Waals surface area contributed by atoms with Crippen molar-refractivity contribution in [2.45, 2.75) is 6.42 Å². The van der Waals surface area contributed by atoms with E-state index in [2.05, 4.69) is 0 Å². The Morgan fingerprint density at radius 3 is 2.25 bits per heavy atom. The molecule has 0 amide bonds. The minimum Gasteiger partial charge on any atom is -0.303 e. The Bertz CT molecular complexity index is 88.4. The fourth-order valence-electron chi connectivity index (χ4n) is 0.190. The zero-order chi connectivity index (χ0) is 5.54. The van der Waals surface area contributed by atoms with Crippen LogP contribution in [0.2, 0.25) is 0 Å². The first-order valence-electron chi connectivity index (χ1n) is 1.95. The zero-order valence-electron chi connectivity index (χ0n) is 4.83. The first-order valence-corrected chi connectivity index (χ1v) is 1.95. The number of carbonyl (C=O) groups is 2. The summed E-state index contributed by atoms with van der Waals surface area (Å²) in [5, 5.41) is 0. The van der Waals surface area contributed by atoms with E-state index in [1.807, 2.05) is 0 Å². The molecule has 0 saturated heterocycles. The van der Waals surface area contributed by atoms with Gasteiger partial charge in [0.1, 0.15) is 12.6 Å². The summed E-state index contributed by atoms with van der Waals surface area (Å²) in [4.78, 5) is 19.0. The van der Waals surface area contributed by atoms with E-state index < -0.39 is 0 Å². The summed E-state index contributed by atoms with van der Waals surface area (Å²) in [6.45, 7) is 0. The molecule has 0 rings (SSSR count). The molecule has 0 aliphatic heterocycles. The van der Waals surface area contributed by atoms with E-state index >= 15 is 0 Å². The number of carbonyl (C=O) groups excluding carboxylic acids is 2. The van der Waals surface area contributed by atoms with Crippen LogP contribution in [0, 0.1) is 0 Å². The van der Waals surface area contributed by atoms with Crippen molar-refractivity contribution in [3.8, 4) is 0 Å². The van der Waals surface area contributed by atoms with Crippen LogP contribution in [0.25, 0.3) is 0 Å². The predicted octanol–water partition coefficient (Wildman–Crippen LogP) is -0.0503. The van der Waals surface area contributed by atoms with Crippen LogP contribution in [0.5, 0.6) is 0 Å². The van der Waals surface area contributed by atoms with E-state index in [-0.39, 0.29) is 51.4 Å². The summed E-state index contributed by atoms with van der Waals surface area (Å²) < 4.78 is 0. The fraction of sp³-hybridized carbons (Fsp3) is 0.200. The Morgan fingerprint density at radius 1 is 1.25 bits per heavy atom. The monoisotopic (exact) mass is 137 g/mol. The third-order valence-electron chi connectivity index (χ3n) is 0.447. The molecule has 3 heteroatoms. The Balaban J connectivity index is 0. The Labute approximate surface area is 90.8 Å². The number of rotatable bonds is 3. The maximum atomic E-state index is 9.51. The topological polar surface area (TPSA) is 34.1 Å². The largest absolute Gasteiger partial charge is 0.303 e. The van der Waals surface area contributed by atoms with Crippen LogP contribution in [0.4, 0.5) is 0 Å². The van der Waals surface area contributed by atoms with Gasteiger partial charge < -0.3 is 4.79 Å². The summed E-state index contributed by atoms with van der Waals surface area (Å²) in [5.41, 5.74) is 0. The summed E-state index contributed by atoms with van der Waals surface area (Å²) in [5.74, 6) is 0. The van der Waals surface area contributed by atoms with Crippen molar-refractivity contribution in [1.29, 1.82) is 0 Å². The van der Waals surface area contributed by atoms with Gasteiger partial charge in [0, 0.05) is 57.8 Å². The summed E-state index contributed by atoms with van der Waals surface area (Å²) in [6, 6.07) is 0. The Kier molecular flexibility index (Phi) is 15.3. The van der Waals surface area contributed by atoms with Gasteiger partial charge in [-0.25, -0.2) is 0 Å². The van der Waals surface area contributed by atoms with Gasteiger partial charge in [-0.15, -0.1) is 0 Å². The van der Waals surface area contributed by atoms with Crippen molar-refractivity contribution >= 4 is 64.0 Å². The van der Waals surface area contributed by atoms with Gasteiger partial charge in [0.25, 0.3) is 0 Å². The first kappa shape index (κ1) is 11.5. The van der Waals surface area contributed by atoms with Crippen LogP contribution >= 0.6 is 0 Å². The van der Waals surface area contributed by atoms with E-state index in [0.717, 1.165) is 6.29 Å². The van der Waals surface area contributed by atoms with Gasteiger partial charge in [-0.05, 0) is 6.08 Å². The number of hydrogen-bond donors (Lipinski definition) is 0. The molecule has 1 radical (unpaired) electrons. The molecule has 0 fully saturated rings. The minimum absolute atomic E-state index is 0. The number of allylic oxidation sites excluding steroid dienone is 2. The van der Waals surface area contributed by atoms with Crippen LogP contribution in [0.1, 0.15) is 6.42 Å². The fourth-order valence-corrected chi connectivity index (χ4v) is 0.190. The van der Waals surface area contributed by atoms with E-state index in [1.165, 1.54) is 12.2 Å². The molecule has 39 valence electrons. The van der Waals surface area contributed by atoms with Crippen molar-refractivity contribution < 1.29 is 9.59 Å². The van der Waals surface area contributed by atoms with Crippen LogP contribution < -0.4 is 0 Å². The molecule has 0 saturated carbocycles. The van der Waals surface area contributed by atoms with Crippen LogP contribution in [-0.4, -0.2) is 64.0 Å². The number of aldehydes is 2. The average molecular weight is 137 g/mol. The van der Waals surface area contributed by atoms with Gasteiger partial charge >= 0.3 is 0 Å². The second-order valence-corrected chi connectivity index (χ2v) is 0.967. The summed E-state index contributed by atoms with van der Waals surface area (Å²) in [7, 11) is 0. The maximum Gasteiger partial charge on any atom is 0.142 e. The molecular weight excluding hydrogens is 131 g/mol. The molecule has 0 aromatic rings. The van der Waals surface area contributed by atoms with Crippen molar-refractivity contribution in [3.05, 3.63) is 12.2 Å². The molecule has 0 heterocycles. The molecule has 0 aliphatic carbocycles. The van der Waals surface area contributed by atoms with Crippen LogP contribution in [0.15, 0.2) is 12.2 Å². The smallest absolute Gasteiger partial charge is 0.142 e. The predicted molar refractivity (Wildman–Crippen MR) is 31.6 cm³/mol. The van der Waals surface area contributed by atoms with E-state index in [9.17, 15) is 9.59 Å². The van der Waals surface area contributed by atoms with Gasteiger partial charge in [-0.2, -0.15) is 0 Å². The van der Waals surface area contributed by atoms with E-state index in [0.29, 0.717) is 12.7 Å². The quantitative estimate of drug-likeness (QED) is 0.310. The van der Waals surface area contributed by atoms with Crippen molar-refractivity contribution in [3.63, 3.8) is 0 Å². The van der Waals surface area contributed by atoms with Gasteiger partial charge in [-0.1, -0.05) is 6.08 Å². The third kappa shape index (κ3) is 9.87. The molecule has 0 bridgehead atoms. The SMILES string of the molecule is O=CC=CCC=O.[K]. The van der Waals surface area contributed by atoms with Crippen molar-refractivity contribution in [1.82, 2.24) is 0 Å². The van der Waals surface area contributed by atoms with Crippen LogP contribution in [0.3, 0.4) is 0 Å². The molecule has 0 aromatic heterocycles. The molecule has 2 nitrogen and oxygen atoms in total. The molecule has 0 N–H and O–H groups in total. The Hall–Kier alpha value is 0.716. The van der Waals surface area contributed by atoms with E-state index in [1.54, 1.807) is 0 Å². The standard InChI is InChI=1S/C5H6O2.K/c6-4-2-1-3-5-7;/h1-2,4-5H,3H2;. The van der Waals surface area contributed by atoms with Crippen molar-refractivity contribution in [2.75, 3.05) is 0 Å². The molecule has 0 aromatic carbocycles. The molecule has 0 spiro atoms. The van der Waals surface area contributed by atoms with Gasteiger partial charge in [0.2, 0.25) is 0 Å². The minimum atomic E-state index is 0. The average Bonchev–Trinajstić information content (AvgIpc) is 1.69.